The third-order valence-corrected chi connectivity index (χ3v) is 4.06. The fourth-order valence-electron chi connectivity index (χ4n) is 2.62. The number of rotatable bonds is 7. The number of hydrogen-bond donors (Lipinski definition) is 3. The van der Waals surface area contributed by atoms with E-state index in [4.69, 9.17) is 0 Å². The molecule has 0 radical (unpaired) electrons. The van der Waals surface area contributed by atoms with E-state index in [0.717, 1.165) is 22.5 Å². The molecule has 0 unspecified atom stereocenters. The standard InChI is InChI=1S/C18H25N3O2/c1-12(9-17-13(2)20-21-14(17)3)18(23)19-11-16(22)10-15-7-5-4-6-8-15/h4-8,12,16,22H,9-11H2,1-3H3,(H,19,23)(H,20,21)/t12-,16+/m0/s1. The number of nitrogens with one attached hydrogen (secondary N) is 2. The normalized spacial score (nSPS) is 13.6. The summed E-state index contributed by atoms with van der Waals surface area (Å²) in [6, 6.07) is 9.77. The van der Waals surface area contributed by atoms with Crippen LogP contribution in [0.3, 0.4) is 0 Å². The van der Waals surface area contributed by atoms with Gasteiger partial charge in [0.2, 0.25) is 5.91 Å². The summed E-state index contributed by atoms with van der Waals surface area (Å²) in [7, 11) is 0. The SMILES string of the molecule is Cc1n[nH]c(C)c1C[C@H](C)C(=O)NC[C@H](O)Cc1ccccc1. The lowest BCUT2D eigenvalue weighted by Crippen LogP contribution is -2.37. The summed E-state index contributed by atoms with van der Waals surface area (Å²) < 4.78 is 0. The van der Waals surface area contributed by atoms with Crippen LogP contribution in [0, 0.1) is 19.8 Å². The van der Waals surface area contributed by atoms with Crippen LogP contribution in [0.15, 0.2) is 30.3 Å². The van der Waals surface area contributed by atoms with E-state index in [9.17, 15) is 9.90 Å². The molecule has 1 heterocycles. The van der Waals surface area contributed by atoms with Crippen LogP contribution >= 0.6 is 0 Å². The highest BCUT2D eigenvalue weighted by Crippen LogP contribution is 2.15. The minimum absolute atomic E-state index is 0.0443. The van der Waals surface area contributed by atoms with Crippen LogP contribution in [0.2, 0.25) is 0 Å². The van der Waals surface area contributed by atoms with Crippen LogP contribution in [0.25, 0.3) is 0 Å². The molecular formula is C18H25N3O2. The molecule has 0 saturated heterocycles. The number of benzene rings is 1. The Morgan fingerprint density at radius 2 is 1.96 bits per heavy atom. The van der Waals surface area contributed by atoms with Gasteiger partial charge in [0.05, 0.1) is 11.8 Å². The molecule has 124 valence electrons. The Kier molecular flexibility index (Phi) is 5.93. The molecule has 2 atom stereocenters. The van der Waals surface area contributed by atoms with Gasteiger partial charge in [-0.05, 0) is 31.4 Å². The van der Waals surface area contributed by atoms with E-state index < -0.39 is 6.10 Å². The Morgan fingerprint density at radius 3 is 2.57 bits per heavy atom. The number of aromatic nitrogens is 2. The van der Waals surface area contributed by atoms with Crippen molar-refractivity contribution >= 4 is 5.91 Å². The van der Waals surface area contributed by atoms with Crippen LogP contribution in [0.4, 0.5) is 0 Å². The lowest BCUT2D eigenvalue weighted by Gasteiger charge is -2.15. The maximum absolute atomic E-state index is 12.2. The van der Waals surface area contributed by atoms with Gasteiger partial charge < -0.3 is 10.4 Å². The predicted molar refractivity (Wildman–Crippen MR) is 90.1 cm³/mol. The number of H-pyrrole nitrogens is 1. The molecule has 0 aliphatic rings. The average Bonchev–Trinajstić information content (AvgIpc) is 2.85. The van der Waals surface area contributed by atoms with Crippen LogP contribution in [0.1, 0.15) is 29.4 Å². The van der Waals surface area contributed by atoms with Gasteiger partial charge in [0.1, 0.15) is 0 Å². The molecule has 3 N–H and O–H groups in total. The molecule has 1 aromatic heterocycles. The third kappa shape index (κ3) is 4.93. The van der Waals surface area contributed by atoms with Gasteiger partial charge in [-0.1, -0.05) is 37.3 Å². The number of hydrogen-bond acceptors (Lipinski definition) is 3. The Hall–Kier alpha value is -2.14. The van der Waals surface area contributed by atoms with Crippen molar-refractivity contribution in [3.8, 4) is 0 Å². The molecule has 23 heavy (non-hydrogen) atoms. The summed E-state index contributed by atoms with van der Waals surface area (Å²) in [5.41, 5.74) is 4.10. The van der Waals surface area contributed by atoms with Crippen LogP contribution in [0.5, 0.6) is 0 Å². The number of aryl methyl sites for hydroxylation is 2. The Labute approximate surface area is 137 Å². The summed E-state index contributed by atoms with van der Waals surface area (Å²) in [5.74, 6) is -0.203. The van der Waals surface area contributed by atoms with Gasteiger partial charge in [-0.3, -0.25) is 9.89 Å². The molecule has 5 heteroatoms. The highest BCUT2D eigenvalue weighted by molar-refractivity contribution is 5.78. The first kappa shape index (κ1) is 17.2. The summed E-state index contributed by atoms with van der Waals surface area (Å²) in [6.45, 7) is 6.06. The maximum atomic E-state index is 12.2. The monoisotopic (exact) mass is 315 g/mol. The van der Waals surface area contributed by atoms with Crippen molar-refractivity contribution in [3.63, 3.8) is 0 Å². The highest BCUT2D eigenvalue weighted by Gasteiger charge is 2.18. The molecule has 0 aliphatic heterocycles. The van der Waals surface area contributed by atoms with E-state index in [1.54, 1.807) is 0 Å². The van der Waals surface area contributed by atoms with Crippen LogP contribution in [-0.4, -0.2) is 33.9 Å². The van der Waals surface area contributed by atoms with Crippen molar-refractivity contribution < 1.29 is 9.90 Å². The number of carbonyl (C=O) groups excluding carboxylic acids is 1. The van der Waals surface area contributed by atoms with Crippen molar-refractivity contribution in [3.05, 3.63) is 52.8 Å². The van der Waals surface area contributed by atoms with Gasteiger partial charge in [0, 0.05) is 24.6 Å². The first-order chi connectivity index (χ1) is 11.0. The Bertz CT molecular complexity index is 617. The quantitative estimate of drug-likeness (QED) is 0.730. The number of aliphatic hydroxyl groups excluding tert-OH is 1. The minimum Gasteiger partial charge on any atom is -0.391 e. The van der Waals surface area contributed by atoms with Gasteiger partial charge >= 0.3 is 0 Å². The van der Waals surface area contributed by atoms with Gasteiger partial charge in [-0.2, -0.15) is 5.10 Å². The first-order valence-electron chi connectivity index (χ1n) is 7.97. The van der Waals surface area contributed by atoms with Crippen LogP contribution in [-0.2, 0) is 17.6 Å². The van der Waals surface area contributed by atoms with E-state index in [1.807, 2.05) is 51.1 Å². The predicted octanol–water partition coefficient (Wildman–Crippen LogP) is 1.92. The van der Waals surface area contributed by atoms with E-state index >= 15 is 0 Å². The lowest BCUT2D eigenvalue weighted by atomic mass is 9.99. The van der Waals surface area contributed by atoms with Gasteiger partial charge in [0.25, 0.3) is 0 Å². The van der Waals surface area contributed by atoms with E-state index in [0.29, 0.717) is 12.8 Å². The van der Waals surface area contributed by atoms with Gasteiger partial charge in [0.15, 0.2) is 0 Å². The van der Waals surface area contributed by atoms with Crippen LogP contribution < -0.4 is 5.32 Å². The molecule has 0 bridgehead atoms. The Balaban J connectivity index is 1.80. The zero-order valence-corrected chi connectivity index (χ0v) is 14.0. The van der Waals surface area contributed by atoms with Crippen molar-refractivity contribution in [1.82, 2.24) is 15.5 Å². The molecule has 0 saturated carbocycles. The van der Waals surface area contributed by atoms with E-state index in [-0.39, 0.29) is 18.4 Å². The van der Waals surface area contributed by atoms with Crippen molar-refractivity contribution in [2.75, 3.05) is 6.54 Å². The molecule has 5 nitrogen and oxygen atoms in total. The number of carbonyl (C=O) groups is 1. The second kappa shape index (κ2) is 7.92. The smallest absolute Gasteiger partial charge is 0.223 e. The molecule has 0 spiro atoms. The first-order valence-corrected chi connectivity index (χ1v) is 7.97. The molecule has 0 fully saturated rings. The fraction of sp³-hybridized carbons (Fsp3) is 0.444. The summed E-state index contributed by atoms with van der Waals surface area (Å²) in [5, 5.41) is 20.0. The molecule has 2 aromatic rings. The average molecular weight is 315 g/mol. The van der Waals surface area contributed by atoms with Gasteiger partial charge in [-0.25, -0.2) is 0 Å². The minimum atomic E-state index is -0.578. The van der Waals surface area contributed by atoms with Gasteiger partial charge in [-0.15, -0.1) is 0 Å². The number of aliphatic hydroxyl groups is 1. The second-order valence-corrected chi connectivity index (χ2v) is 6.11. The zero-order valence-electron chi connectivity index (χ0n) is 14.0. The lowest BCUT2D eigenvalue weighted by molar-refractivity contribution is -0.124. The number of aromatic amines is 1. The molecule has 0 aliphatic carbocycles. The maximum Gasteiger partial charge on any atom is 0.223 e. The molecule has 2 rings (SSSR count). The van der Waals surface area contributed by atoms with E-state index in [2.05, 4.69) is 15.5 Å². The largest absolute Gasteiger partial charge is 0.391 e. The number of amides is 1. The Morgan fingerprint density at radius 1 is 1.26 bits per heavy atom. The third-order valence-electron chi connectivity index (χ3n) is 4.06. The van der Waals surface area contributed by atoms with Crippen molar-refractivity contribution in [2.24, 2.45) is 5.92 Å². The van der Waals surface area contributed by atoms with E-state index in [1.165, 1.54) is 0 Å². The zero-order chi connectivity index (χ0) is 16.8. The number of nitrogens with zero attached hydrogens (tertiary/aromatic N) is 1. The second-order valence-electron chi connectivity index (χ2n) is 6.11. The fourth-order valence-corrected chi connectivity index (χ4v) is 2.62. The van der Waals surface area contributed by atoms with Crippen molar-refractivity contribution in [2.45, 2.75) is 39.7 Å². The molecule has 1 amide bonds. The highest BCUT2D eigenvalue weighted by atomic mass is 16.3. The molecule has 1 aromatic carbocycles. The van der Waals surface area contributed by atoms with Crippen molar-refractivity contribution in [1.29, 1.82) is 0 Å². The topological polar surface area (TPSA) is 78.0 Å². The summed E-state index contributed by atoms with van der Waals surface area (Å²) in [4.78, 5) is 12.2. The summed E-state index contributed by atoms with van der Waals surface area (Å²) in [6.07, 6.45) is 0.607. The molecular weight excluding hydrogens is 290 g/mol. The summed E-state index contributed by atoms with van der Waals surface area (Å²) >= 11 is 0.